The Labute approximate surface area is 111 Å². The number of carboxylic acid groups (broad SMARTS) is 1. The number of nitrogens with zero attached hydrogens (tertiary/aromatic N) is 1. The van der Waals surface area contributed by atoms with Crippen LogP contribution >= 0.6 is 11.3 Å². The van der Waals surface area contributed by atoms with E-state index >= 15 is 0 Å². The first-order valence-corrected chi connectivity index (χ1v) is 7.26. The molecule has 3 rings (SSSR count). The average molecular weight is 266 g/mol. The van der Waals surface area contributed by atoms with Crippen LogP contribution < -0.4 is 5.32 Å². The van der Waals surface area contributed by atoms with Crippen molar-refractivity contribution in [2.45, 2.75) is 31.3 Å². The number of fused-ring (bicyclic) bond motifs is 1. The zero-order valence-electron chi connectivity index (χ0n) is 10.5. The van der Waals surface area contributed by atoms with Crippen molar-refractivity contribution in [3.8, 4) is 0 Å². The minimum atomic E-state index is -0.695. The maximum Gasteiger partial charge on any atom is 0.305 e. The Hall–Kier alpha value is -0.910. The van der Waals surface area contributed by atoms with Crippen molar-refractivity contribution in [1.29, 1.82) is 0 Å². The molecular formula is C13H18N2O2S. The van der Waals surface area contributed by atoms with Gasteiger partial charge in [-0.3, -0.25) is 9.69 Å². The first-order valence-electron chi connectivity index (χ1n) is 6.38. The van der Waals surface area contributed by atoms with Gasteiger partial charge in [0.05, 0.1) is 12.0 Å². The molecule has 1 unspecified atom stereocenters. The van der Waals surface area contributed by atoms with Gasteiger partial charge in [-0.1, -0.05) is 0 Å². The Morgan fingerprint density at radius 3 is 3.06 bits per heavy atom. The molecular weight excluding hydrogens is 248 g/mol. The van der Waals surface area contributed by atoms with Crippen molar-refractivity contribution in [1.82, 2.24) is 10.2 Å². The topological polar surface area (TPSA) is 52.6 Å². The molecule has 1 atom stereocenters. The smallest absolute Gasteiger partial charge is 0.305 e. The molecule has 0 radical (unpaired) electrons. The van der Waals surface area contributed by atoms with Gasteiger partial charge in [0, 0.05) is 30.6 Å². The Morgan fingerprint density at radius 1 is 1.67 bits per heavy atom. The molecule has 1 saturated heterocycles. The van der Waals surface area contributed by atoms with E-state index in [2.05, 4.69) is 28.6 Å². The third kappa shape index (κ3) is 1.77. The van der Waals surface area contributed by atoms with E-state index < -0.39 is 5.97 Å². The normalized spacial score (nSPS) is 26.4. The molecule has 3 heterocycles. The van der Waals surface area contributed by atoms with E-state index in [4.69, 9.17) is 5.11 Å². The van der Waals surface area contributed by atoms with Crippen LogP contribution in [0.5, 0.6) is 0 Å². The van der Waals surface area contributed by atoms with E-state index in [0.717, 1.165) is 26.1 Å². The summed E-state index contributed by atoms with van der Waals surface area (Å²) in [5, 5.41) is 14.5. The third-order valence-electron chi connectivity index (χ3n) is 4.27. The average Bonchev–Trinajstić information content (AvgIpc) is 2.73. The predicted molar refractivity (Wildman–Crippen MR) is 71.0 cm³/mol. The largest absolute Gasteiger partial charge is 0.481 e. The number of aliphatic carboxylic acids is 1. The van der Waals surface area contributed by atoms with Gasteiger partial charge in [-0.25, -0.2) is 0 Å². The summed E-state index contributed by atoms with van der Waals surface area (Å²) in [5.74, 6) is -0.695. The second-order valence-electron chi connectivity index (χ2n) is 5.32. The fourth-order valence-corrected chi connectivity index (χ4v) is 4.24. The zero-order valence-corrected chi connectivity index (χ0v) is 11.3. The molecule has 4 nitrogen and oxygen atoms in total. The van der Waals surface area contributed by atoms with Crippen LogP contribution in [0.15, 0.2) is 11.4 Å². The molecule has 98 valence electrons. The summed E-state index contributed by atoms with van der Waals surface area (Å²) < 4.78 is 0. The lowest BCUT2D eigenvalue weighted by molar-refractivity contribution is -0.142. The highest BCUT2D eigenvalue weighted by Gasteiger charge is 2.47. The molecule has 2 N–H and O–H groups in total. The number of hydrogen-bond acceptors (Lipinski definition) is 4. The van der Waals surface area contributed by atoms with E-state index in [1.807, 2.05) is 11.3 Å². The second kappa shape index (κ2) is 4.33. The quantitative estimate of drug-likeness (QED) is 0.870. The van der Waals surface area contributed by atoms with Gasteiger partial charge in [0.2, 0.25) is 0 Å². The number of thiophene rings is 1. The Morgan fingerprint density at radius 2 is 2.44 bits per heavy atom. The molecule has 2 aliphatic rings. The Bertz CT molecular complexity index is 467. The van der Waals surface area contributed by atoms with Crippen LogP contribution in [-0.4, -0.2) is 41.1 Å². The summed E-state index contributed by atoms with van der Waals surface area (Å²) in [6.45, 7) is 4.77. The van der Waals surface area contributed by atoms with Crippen LogP contribution in [0.1, 0.15) is 29.8 Å². The van der Waals surface area contributed by atoms with Crippen LogP contribution in [0.4, 0.5) is 0 Å². The van der Waals surface area contributed by atoms with Crippen LogP contribution in [0.3, 0.4) is 0 Å². The second-order valence-corrected chi connectivity index (χ2v) is 6.32. The fraction of sp³-hybridized carbons (Fsp3) is 0.615. The first kappa shape index (κ1) is 12.1. The van der Waals surface area contributed by atoms with E-state index in [-0.39, 0.29) is 12.0 Å². The highest BCUT2D eigenvalue weighted by atomic mass is 32.1. The Balaban J connectivity index is 1.87. The van der Waals surface area contributed by atoms with E-state index in [0.29, 0.717) is 6.04 Å². The number of hydrogen-bond donors (Lipinski definition) is 2. The van der Waals surface area contributed by atoms with Crippen LogP contribution in [0, 0.1) is 0 Å². The minimum absolute atomic E-state index is 0.176. The lowest BCUT2D eigenvalue weighted by atomic mass is 9.82. The SMILES string of the molecule is CC1c2ccsc2CCN1C1(CC(=O)O)CNC1. The van der Waals surface area contributed by atoms with E-state index in [1.165, 1.54) is 10.4 Å². The van der Waals surface area contributed by atoms with Gasteiger partial charge < -0.3 is 10.4 Å². The van der Waals surface area contributed by atoms with Gasteiger partial charge in [0.25, 0.3) is 0 Å². The van der Waals surface area contributed by atoms with Gasteiger partial charge in [-0.15, -0.1) is 11.3 Å². The summed E-state index contributed by atoms with van der Waals surface area (Å²) in [6, 6.07) is 2.53. The highest BCUT2D eigenvalue weighted by molar-refractivity contribution is 7.10. The van der Waals surface area contributed by atoms with Gasteiger partial charge >= 0.3 is 5.97 Å². The fourth-order valence-electron chi connectivity index (χ4n) is 3.28. The molecule has 5 heteroatoms. The number of nitrogens with one attached hydrogen (secondary N) is 1. The minimum Gasteiger partial charge on any atom is -0.481 e. The predicted octanol–water partition coefficient (Wildman–Crippen LogP) is 1.48. The lowest BCUT2D eigenvalue weighted by Gasteiger charge is -2.53. The summed E-state index contributed by atoms with van der Waals surface area (Å²) in [6.07, 6.45) is 1.29. The van der Waals surface area contributed by atoms with Crippen molar-refractivity contribution >= 4 is 17.3 Å². The molecule has 1 fully saturated rings. The standard InChI is InChI=1S/C13H18N2O2S/c1-9-10-3-5-18-11(10)2-4-15(9)13(6-12(16)17)7-14-8-13/h3,5,9,14H,2,4,6-8H2,1H3,(H,16,17). The van der Waals surface area contributed by atoms with E-state index in [9.17, 15) is 4.79 Å². The van der Waals surface area contributed by atoms with Crippen molar-refractivity contribution in [3.05, 3.63) is 21.9 Å². The molecule has 0 bridgehead atoms. The van der Waals surface area contributed by atoms with Gasteiger partial charge in [0.1, 0.15) is 0 Å². The summed E-state index contributed by atoms with van der Waals surface area (Å²) in [5.41, 5.74) is 1.22. The molecule has 1 aromatic heterocycles. The number of carbonyl (C=O) groups is 1. The Kier molecular flexibility index (Phi) is 2.92. The monoisotopic (exact) mass is 266 g/mol. The first-order chi connectivity index (χ1) is 8.62. The van der Waals surface area contributed by atoms with Crippen molar-refractivity contribution in [2.75, 3.05) is 19.6 Å². The van der Waals surface area contributed by atoms with Gasteiger partial charge in [0.15, 0.2) is 0 Å². The molecule has 0 amide bonds. The maximum absolute atomic E-state index is 11.1. The lowest BCUT2D eigenvalue weighted by Crippen LogP contribution is -2.70. The molecule has 1 aromatic rings. The van der Waals surface area contributed by atoms with Crippen molar-refractivity contribution in [2.24, 2.45) is 0 Å². The van der Waals surface area contributed by atoms with Gasteiger partial charge in [-0.2, -0.15) is 0 Å². The zero-order chi connectivity index (χ0) is 12.8. The summed E-state index contributed by atoms with van der Waals surface area (Å²) in [4.78, 5) is 15.0. The number of carboxylic acids is 1. The summed E-state index contributed by atoms with van der Waals surface area (Å²) >= 11 is 1.82. The van der Waals surface area contributed by atoms with E-state index in [1.54, 1.807) is 0 Å². The molecule has 18 heavy (non-hydrogen) atoms. The molecule has 0 aromatic carbocycles. The molecule has 0 spiro atoms. The van der Waals surface area contributed by atoms with Crippen molar-refractivity contribution < 1.29 is 9.90 Å². The maximum atomic E-state index is 11.1. The van der Waals surface area contributed by atoms with Crippen LogP contribution in [0.25, 0.3) is 0 Å². The van der Waals surface area contributed by atoms with Gasteiger partial charge in [-0.05, 0) is 30.4 Å². The highest BCUT2D eigenvalue weighted by Crippen LogP contribution is 2.39. The van der Waals surface area contributed by atoms with Crippen molar-refractivity contribution in [3.63, 3.8) is 0 Å². The molecule has 0 aliphatic carbocycles. The van der Waals surface area contributed by atoms with Crippen LogP contribution in [-0.2, 0) is 11.2 Å². The number of rotatable bonds is 3. The molecule has 2 aliphatic heterocycles. The summed E-state index contributed by atoms with van der Waals surface area (Å²) in [7, 11) is 0. The molecule has 0 saturated carbocycles. The third-order valence-corrected chi connectivity index (χ3v) is 5.27. The van der Waals surface area contributed by atoms with Crippen LogP contribution in [0.2, 0.25) is 0 Å².